The van der Waals surface area contributed by atoms with Crippen LogP contribution in [-0.2, 0) is 14.3 Å². The van der Waals surface area contributed by atoms with Crippen molar-refractivity contribution in [2.45, 2.75) is 13.3 Å². The third kappa shape index (κ3) is 6.40. The van der Waals surface area contributed by atoms with Crippen LogP contribution in [0.3, 0.4) is 0 Å². The van der Waals surface area contributed by atoms with E-state index in [0.717, 1.165) is 15.8 Å². The Labute approximate surface area is 160 Å². The smallest absolute Gasteiger partial charge is 0.309 e. The molecule has 0 heterocycles. The highest BCUT2D eigenvalue weighted by Gasteiger charge is 2.10. The van der Waals surface area contributed by atoms with Gasteiger partial charge < -0.3 is 19.5 Å². The molecule has 0 aromatic heterocycles. The molecule has 0 atom stereocenters. The first-order chi connectivity index (χ1) is 12.5. The molecule has 7 heteroatoms. The Balaban J connectivity index is 1.68. The lowest BCUT2D eigenvalue weighted by atomic mass is 10.2. The molecule has 0 radical (unpaired) electrons. The number of aryl methyl sites for hydroxylation is 1. The minimum Gasteiger partial charge on any atom is -0.497 e. The molecule has 2 aromatic carbocycles. The summed E-state index contributed by atoms with van der Waals surface area (Å²) in [4.78, 5) is 23.5. The molecule has 0 fully saturated rings. The fourth-order valence-corrected chi connectivity index (χ4v) is 2.64. The number of amides is 1. The second-order valence-corrected chi connectivity index (χ2v) is 6.32. The van der Waals surface area contributed by atoms with Crippen molar-refractivity contribution in [1.82, 2.24) is 0 Å². The zero-order valence-corrected chi connectivity index (χ0v) is 16.2. The Morgan fingerprint density at radius 1 is 1.08 bits per heavy atom. The standard InChI is InChI=1S/C19H20BrNO5/c1-13-3-8-17(16(20)11-13)21-18(22)12-26-19(23)9-10-25-15-6-4-14(24-2)5-7-15/h3-8,11H,9-10,12H2,1-2H3,(H,21,22). The maximum atomic E-state index is 11.9. The van der Waals surface area contributed by atoms with Crippen molar-refractivity contribution in [3.63, 3.8) is 0 Å². The number of esters is 1. The third-order valence-electron chi connectivity index (χ3n) is 3.40. The lowest BCUT2D eigenvalue weighted by molar-refractivity contribution is -0.147. The first kappa shape index (κ1) is 19.8. The summed E-state index contributed by atoms with van der Waals surface area (Å²) in [5.74, 6) is 0.444. The number of rotatable bonds is 8. The van der Waals surface area contributed by atoms with Gasteiger partial charge in [-0.05, 0) is 64.8 Å². The van der Waals surface area contributed by atoms with Gasteiger partial charge in [-0.3, -0.25) is 9.59 Å². The Morgan fingerprint density at radius 3 is 2.42 bits per heavy atom. The maximum Gasteiger partial charge on any atom is 0.309 e. The van der Waals surface area contributed by atoms with Crippen LogP contribution >= 0.6 is 15.9 Å². The minimum absolute atomic E-state index is 0.0491. The van der Waals surface area contributed by atoms with E-state index in [2.05, 4.69) is 21.2 Å². The van der Waals surface area contributed by atoms with Crippen molar-refractivity contribution in [3.05, 3.63) is 52.5 Å². The second kappa shape index (κ2) is 9.82. The molecule has 0 aliphatic heterocycles. The highest BCUT2D eigenvalue weighted by atomic mass is 79.9. The van der Waals surface area contributed by atoms with Crippen LogP contribution in [0.1, 0.15) is 12.0 Å². The van der Waals surface area contributed by atoms with E-state index in [1.54, 1.807) is 37.4 Å². The van der Waals surface area contributed by atoms with Crippen LogP contribution in [-0.4, -0.2) is 32.2 Å². The molecule has 26 heavy (non-hydrogen) atoms. The number of ether oxygens (including phenoxy) is 3. The number of nitrogens with one attached hydrogen (secondary N) is 1. The van der Waals surface area contributed by atoms with Crippen LogP contribution < -0.4 is 14.8 Å². The average Bonchev–Trinajstić information content (AvgIpc) is 2.63. The molecule has 0 saturated carbocycles. The highest BCUT2D eigenvalue weighted by Crippen LogP contribution is 2.23. The van der Waals surface area contributed by atoms with Gasteiger partial charge in [-0.15, -0.1) is 0 Å². The van der Waals surface area contributed by atoms with Crippen LogP contribution in [0.15, 0.2) is 46.9 Å². The maximum absolute atomic E-state index is 11.9. The van der Waals surface area contributed by atoms with E-state index in [4.69, 9.17) is 14.2 Å². The van der Waals surface area contributed by atoms with E-state index in [9.17, 15) is 9.59 Å². The zero-order chi connectivity index (χ0) is 18.9. The molecule has 6 nitrogen and oxygen atoms in total. The van der Waals surface area contributed by atoms with Gasteiger partial charge in [-0.25, -0.2) is 0 Å². The van der Waals surface area contributed by atoms with Gasteiger partial charge in [0.2, 0.25) is 0 Å². The number of hydrogen-bond acceptors (Lipinski definition) is 5. The van der Waals surface area contributed by atoms with Gasteiger partial charge in [0.25, 0.3) is 5.91 Å². The van der Waals surface area contributed by atoms with E-state index in [-0.39, 0.29) is 19.6 Å². The molecule has 1 N–H and O–H groups in total. The number of methoxy groups -OCH3 is 1. The summed E-state index contributed by atoms with van der Waals surface area (Å²) < 4.78 is 16.2. The Kier molecular flexibility index (Phi) is 7.47. The van der Waals surface area contributed by atoms with Crippen LogP contribution in [0.25, 0.3) is 0 Å². The van der Waals surface area contributed by atoms with Gasteiger partial charge in [-0.2, -0.15) is 0 Å². The molecule has 0 aliphatic carbocycles. The summed E-state index contributed by atoms with van der Waals surface area (Å²) >= 11 is 3.37. The van der Waals surface area contributed by atoms with Crippen LogP contribution in [0.2, 0.25) is 0 Å². The van der Waals surface area contributed by atoms with Gasteiger partial charge in [-0.1, -0.05) is 6.07 Å². The van der Waals surface area contributed by atoms with Gasteiger partial charge in [0.15, 0.2) is 6.61 Å². The van der Waals surface area contributed by atoms with E-state index in [1.807, 2.05) is 19.1 Å². The molecular weight excluding hydrogens is 402 g/mol. The second-order valence-electron chi connectivity index (χ2n) is 5.47. The first-order valence-corrected chi connectivity index (χ1v) is 8.75. The molecule has 0 saturated heterocycles. The fourth-order valence-electron chi connectivity index (χ4n) is 2.05. The van der Waals surface area contributed by atoms with E-state index in [1.165, 1.54) is 0 Å². The first-order valence-electron chi connectivity index (χ1n) is 7.96. The summed E-state index contributed by atoms with van der Waals surface area (Å²) in [6.07, 6.45) is 0.0491. The van der Waals surface area contributed by atoms with Crippen LogP contribution in [0.4, 0.5) is 5.69 Å². The predicted octanol–water partition coefficient (Wildman–Crippen LogP) is 3.72. The number of hydrogen-bond donors (Lipinski definition) is 1. The van der Waals surface area contributed by atoms with E-state index < -0.39 is 11.9 Å². The molecule has 1 amide bonds. The number of anilines is 1. The number of benzene rings is 2. The fraction of sp³-hybridized carbons (Fsp3) is 0.263. The lowest BCUT2D eigenvalue weighted by Crippen LogP contribution is -2.21. The van der Waals surface area contributed by atoms with Crippen molar-refractivity contribution >= 4 is 33.5 Å². The van der Waals surface area contributed by atoms with Gasteiger partial charge >= 0.3 is 5.97 Å². The van der Waals surface area contributed by atoms with Crippen LogP contribution in [0.5, 0.6) is 11.5 Å². The number of carbonyl (C=O) groups excluding carboxylic acids is 2. The molecule has 0 aliphatic rings. The largest absolute Gasteiger partial charge is 0.497 e. The monoisotopic (exact) mass is 421 g/mol. The van der Waals surface area contributed by atoms with Crippen molar-refractivity contribution < 1.29 is 23.8 Å². The summed E-state index contributed by atoms with van der Waals surface area (Å²) in [7, 11) is 1.58. The van der Waals surface area contributed by atoms with E-state index in [0.29, 0.717) is 11.4 Å². The molecule has 0 unspecified atom stereocenters. The van der Waals surface area contributed by atoms with Crippen molar-refractivity contribution in [1.29, 1.82) is 0 Å². The minimum atomic E-state index is -0.503. The van der Waals surface area contributed by atoms with Crippen molar-refractivity contribution in [3.8, 4) is 11.5 Å². The lowest BCUT2D eigenvalue weighted by Gasteiger charge is -2.09. The summed E-state index contributed by atoms with van der Waals surface area (Å²) in [5, 5.41) is 2.68. The third-order valence-corrected chi connectivity index (χ3v) is 4.05. The quantitative estimate of drug-likeness (QED) is 0.657. The zero-order valence-electron chi connectivity index (χ0n) is 14.6. The Morgan fingerprint density at radius 2 is 1.77 bits per heavy atom. The molecule has 0 spiro atoms. The molecule has 2 rings (SSSR count). The molecule has 138 valence electrons. The Hall–Kier alpha value is -2.54. The highest BCUT2D eigenvalue weighted by molar-refractivity contribution is 9.10. The van der Waals surface area contributed by atoms with E-state index >= 15 is 0 Å². The predicted molar refractivity (Wildman–Crippen MR) is 102 cm³/mol. The summed E-state index contributed by atoms with van der Waals surface area (Å²) in [6, 6.07) is 12.6. The normalized spacial score (nSPS) is 10.1. The van der Waals surface area contributed by atoms with Crippen LogP contribution in [0, 0.1) is 6.92 Å². The van der Waals surface area contributed by atoms with Gasteiger partial charge in [0, 0.05) is 4.47 Å². The molecular formula is C19H20BrNO5. The summed E-state index contributed by atoms with van der Waals surface area (Å²) in [5.41, 5.74) is 1.69. The Bertz CT molecular complexity index is 761. The summed E-state index contributed by atoms with van der Waals surface area (Å²) in [6.45, 7) is 1.77. The van der Waals surface area contributed by atoms with Crippen molar-refractivity contribution in [2.75, 3.05) is 25.6 Å². The van der Waals surface area contributed by atoms with Crippen molar-refractivity contribution in [2.24, 2.45) is 0 Å². The molecule has 2 aromatic rings. The number of halogens is 1. The van der Waals surface area contributed by atoms with Gasteiger partial charge in [0.05, 0.1) is 25.8 Å². The average molecular weight is 422 g/mol. The topological polar surface area (TPSA) is 73.9 Å². The number of carbonyl (C=O) groups is 2. The SMILES string of the molecule is COc1ccc(OCCC(=O)OCC(=O)Nc2ccc(C)cc2Br)cc1. The van der Waals surface area contributed by atoms with Gasteiger partial charge in [0.1, 0.15) is 11.5 Å². The molecule has 0 bridgehead atoms.